The summed E-state index contributed by atoms with van der Waals surface area (Å²) in [5, 5.41) is 1.99. The molecule has 0 heterocycles. The first-order valence-electron chi connectivity index (χ1n) is 6.55. The van der Waals surface area contributed by atoms with Crippen molar-refractivity contribution in [1.82, 2.24) is 5.32 Å². The predicted molar refractivity (Wildman–Crippen MR) is 79.1 cm³/mol. The lowest BCUT2D eigenvalue weighted by atomic mass is 10.1. The van der Waals surface area contributed by atoms with Crippen LogP contribution in [-0.4, -0.2) is 21.9 Å². The van der Waals surface area contributed by atoms with Crippen molar-refractivity contribution in [2.45, 2.75) is 37.3 Å². The van der Waals surface area contributed by atoms with E-state index in [1.807, 2.05) is 0 Å². The highest BCUT2D eigenvalue weighted by molar-refractivity contribution is 7.86. The van der Waals surface area contributed by atoms with Crippen LogP contribution in [0.1, 0.15) is 27.2 Å². The van der Waals surface area contributed by atoms with Gasteiger partial charge in [-0.15, -0.1) is 0 Å². The van der Waals surface area contributed by atoms with Gasteiger partial charge in [0.05, 0.1) is 10.8 Å². The fourth-order valence-corrected chi connectivity index (χ4v) is 2.80. The standard InChI is InChI=1S/C14H21FN2O2S/c1-9(2)4-5-17-14(18)10(3)20(19)13-7-11(15)6-12(16)8-13/h6-10H,4-5,16H2,1-3H3,(H,17,18). The lowest BCUT2D eigenvalue weighted by molar-refractivity contribution is -0.120. The molecular formula is C14H21FN2O2S. The van der Waals surface area contributed by atoms with E-state index in [1.54, 1.807) is 6.92 Å². The summed E-state index contributed by atoms with van der Waals surface area (Å²) in [4.78, 5) is 12.1. The average molecular weight is 300 g/mol. The lowest BCUT2D eigenvalue weighted by Crippen LogP contribution is -2.36. The SMILES string of the molecule is CC(C)CCNC(=O)C(C)S(=O)c1cc(N)cc(F)c1. The molecule has 0 spiro atoms. The molecular weight excluding hydrogens is 279 g/mol. The molecule has 0 aromatic heterocycles. The molecule has 1 aromatic rings. The van der Waals surface area contributed by atoms with Gasteiger partial charge >= 0.3 is 0 Å². The highest BCUT2D eigenvalue weighted by Crippen LogP contribution is 2.17. The topological polar surface area (TPSA) is 72.2 Å². The number of benzene rings is 1. The molecule has 20 heavy (non-hydrogen) atoms. The first-order valence-corrected chi connectivity index (χ1v) is 7.77. The van der Waals surface area contributed by atoms with E-state index in [4.69, 9.17) is 5.73 Å². The van der Waals surface area contributed by atoms with E-state index in [1.165, 1.54) is 6.07 Å². The molecule has 1 amide bonds. The number of hydrogen-bond acceptors (Lipinski definition) is 3. The number of nitrogens with two attached hydrogens (primary N) is 1. The van der Waals surface area contributed by atoms with Crippen molar-refractivity contribution >= 4 is 22.4 Å². The molecule has 6 heteroatoms. The minimum atomic E-state index is -1.63. The Labute approximate surface area is 121 Å². The summed E-state index contributed by atoms with van der Waals surface area (Å²) in [6.07, 6.45) is 0.859. The molecule has 1 aromatic carbocycles. The van der Waals surface area contributed by atoms with Crippen LogP contribution >= 0.6 is 0 Å². The van der Waals surface area contributed by atoms with E-state index in [0.717, 1.165) is 18.6 Å². The smallest absolute Gasteiger partial charge is 0.235 e. The van der Waals surface area contributed by atoms with Crippen molar-refractivity contribution in [2.75, 3.05) is 12.3 Å². The third-order valence-electron chi connectivity index (χ3n) is 2.84. The number of anilines is 1. The Hall–Kier alpha value is -1.43. The highest BCUT2D eigenvalue weighted by Gasteiger charge is 2.21. The Morgan fingerprint density at radius 2 is 2.00 bits per heavy atom. The Kier molecular flexibility index (Phi) is 6.13. The molecule has 0 radical (unpaired) electrons. The average Bonchev–Trinajstić information content (AvgIpc) is 2.35. The summed E-state index contributed by atoms with van der Waals surface area (Å²) in [5.74, 6) is -0.369. The number of halogens is 1. The van der Waals surface area contributed by atoms with Gasteiger partial charge in [0.1, 0.15) is 11.1 Å². The third kappa shape index (κ3) is 4.92. The van der Waals surface area contributed by atoms with Crippen LogP contribution in [0.3, 0.4) is 0 Å². The summed E-state index contributed by atoms with van der Waals surface area (Å²) < 4.78 is 25.4. The fraction of sp³-hybridized carbons (Fsp3) is 0.500. The van der Waals surface area contributed by atoms with Gasteiger partial charge in [-0.25, -0.2) is 4.39 Å². The molecule has 0 aliphatic heterocycles. The molecule has 3 N–H and O–H groups in total. The number of rotatable bonds is 6. The summed E-state index contributed by atoms with van der Waals surface area (Å²) in [5.41, 5.74) is 5.71. The molecule has 0 fully saturated rings. The minimum Gasteiger partial charge on any atom is -0.399 e. The number of carbonyl (C=O) groups is 1. The number of amides is 1. The van der Waals surface area contributed by atoms with E-state index in [9.17, 15) is 13.4 Å². The third-order valence-corrected chi connectivity index (χ3v) is 4.39. The zero-order valence-corrected chi connectivity index (χ0v) is 12.8. The number of nitrogens with one attached hydrogen (secondary N) is 1. The largest absolute Gasteiger partial charge is 0.399 e. The van der Waals surface area contributed by atoms with Crippen molar-refractivity contribution in [1.29, 1.82) is 0 Å². The predicted octanol–water partition coefficient (Wildman–Crippen LogP) is 2.07. The minimum absolute atomic E-state index is 0.195. The lowest BCUT2D eigenvalue weighted by Gasteiger charge is -2.13. The number of nitrogen functional groups attached to an aromatic ring is 1. The van der Waals surface area contributed by atoms with E-state index in [0.29, 0.717) is 12.5 Å². The molecule has 112 valence electrons. The van der Waals surface area contributed by atoms with Gasteiger partial charge in [-0.05, 0) is 37.5 Å². The highest BCUT2D eigenvalue weighted by atomic mass is 32.2. The molecule has 0 saturated heterocycles. The van der Waals surface area contributed by atoms with E-state index < -0.39 is 21.9 Å². The first-order chi connectivity index (χ1) is 9.31. The van der Waals surface area contributed by atoms with Gasteiger partial charge in [0, 0.05) is 17.1 Å². The summed E-state index contributed by atoms with van der Waals surface area (Å²) in [7, 11) is -1.63. The maximum atomic E-state index is 13.2. The van der Waals surface area contributed by atoms with Crippen LogP contribution in [0.15, 0.2) is 23.1 Å². The monoisotopic (exact) mass is 300 g/mol. The Balaban J connectivity index is 2.68. The van der Waals surface area contributed by atoms with Crippen molar-refractivity contribution in [3.05, 3.63) is 24.0 Å². The van der Waals surface area contributed by atoms with Crippen molar-refractivity contribution in [3.8, 4) is 0 Å². The zero-order chi connectivity index (χ0) is 15.3. The quantitative estimate of drug-likeness (QED) is 0.790. The van der Waals surface area contributed by atoms with Crippen molar-refractivity contribution < 1.29 is 13.4 Å². The molecule has 0 aliphatic rings. The van der Waals surface area contributed by atoms with Crippen molar-refractivity contribution in [2.24, 2.45) is 5.92 Å². The van der Waals surface area contributed by atoms with Gasteiger partial charge in [0.2, 0.25) is 5.91 Å². The Morgan fingerprint density at radius 1 is 1.35 bits per heavy atom. The van der Waals surface area contributed by atoms with Gasteiger partial charge < -0.3 is 11.1 Å². The molecule has 0 aliphatic carbocycles. The molecule has 4 nitrogen and oxygen atoms in total. The molecule has 1 rings (SSSR count). The van der Waals surface area contributed by atoms with Gasteiger partial charge in [-0.3, -0.25) is 9.00 Å². The van der Waals surface area contributed by atoms with Crippen LogP contribution in [0.2, 0.25) is 0 Å². The van der Waals surface area contributed by atoms with Gasteiger partial charge in [-0.2, -0.15) is 0 Å². The number of hydrogen-bond donors (Lipinski definition) is 2. The molecule has 0 saturated carbocycles. The zero-order valence-electron chi connectivity index (χ0n) is 12.0. The van der Waals surface area contributed by atoms with Crippen LogP contribution in [-0.2, 0) is 15.6 Å². The second-order valence-electron chi connectivity index (χ2n) is 5.13. The van der Waals surface area contributed by atoms with Crippen LogP contribution < -0.4 is 11.1 Å². The van der Waals surface area contributed by atoms with Crippen LogP contribution in [0.5, 0.6) is 0 Å². The summed E-state index contributed by atoms with van der Waals surface area (Å²) in [6.45, 7) is 6.22. The second-order valence-corrected chi connectivity index (χ2v) is 6.91. The van der Waals surface area contributed by atoms with Crippen molar-refractivity contribution in [3.63, 3.8) is 0 Å². The van der Waals surface area contributed by atoms with Crippen LogP contribution in [0.25, 0.3) is 0 Å². The normalized spacial score (nSPS) is 14.1. The second kappa shape index (κ2) is 7.38. The van der Waals surface area contributed by atoms with Gasteiger partial charge in [-0.1, -0.05) is 13.8 Å². The van der Waals surface area contributed by atoms with Crippen LogP contribution in [0.4, 0.5) is 10.1 Å². The molecule has 2 atom stereocenters. The van der Waals surface area contributed by atoms with Gasteiger partial charge in [0.25, 0.3) is 0 Å². The molecule has 0 bridgehead atoms. The first kappa shape index (κ1) is 16.6. The molecule has 2 unspecified atom stereocenters. The summed E-state index contributed by atoms with van der Waals surface area (Å²) in [6, 6.07) is 3.72. The maximum Gasteiger partial charge on any atom is 0.235 e. The fourth-order valence-electron chi connectivity index (χ4n) is 1.63. The Morgan fingerprint density at radius 3 is 2.55 bits per heavy atom. The van der Waals surface area contributed by atoms with Gasteiger partial charge in [0.15, 0.2) is 0 Å². The van der Waals surface area contributed by atoms with E-state index >= 15 is 0 Å². The van der Waals surface area contributed by atoms with E-state index in [2.05, 4.69) is 19.2 Å². The summed E-state index contributed by atoms with van der Waals surface area (Å²) >= 11 is 0. The maximum absolute atomic E-state index is 13.2. The van der Waals surface area contributed by atoms with E-state index in [-0.39, 0.29) is 16.5 Å². The Bertz CT molecular complexity index is 486. The number of carbonyl (C=O) groups excluding carboxylic acids is 1. The van der Waals surface area contributed by atoms with Crippen LogP contribution in [0, 0.1) is 11.7 Å².